The van der Waals surface area contributed by atoms with Gasteiger partial charge in [-0.1, -0.05) is 42.0 Å². The van der Waals surface area contributed by atoms with Crippen LogP contribution in [0.4, 0.5) is 0 Å². The van der Waals surface area contributed by atoms with Crippen molar-refractivity contribution in [2.45, 2.75) is 26.4 Å². The van der Waals surface area contributed by atoms with Crippen molar-refractivity contribution in [3.8, 4) is 0 Å². The fourth-order valence-corrected chi connectivity index (χ4v) is 2.38. The third-order valence-corrected chi connectivity index (χ3v) is 3.64. The lowest BCUT2D eigenvalue weighted by molar-refractivity contribution is -0.0584. The molecule has 1 aliphatic heterocycles. The Hall–Kier alpha value is -1.12. The lowest BCUT2D eigenvalue weighted by Crippen LogP contribution is -2.55. The van der Waals surface area contributed by atoms with Gasteiger partial charge in [0.2, 0.25) is 0 Å². The summed E-state index contributed by atoms with van der Waals surface area (Å²) < 4.78 is 0. The predicted molar refractivity (Wildman–Crippen MR) is 76.3 cm³/mol. The summed E-state index contributed by atoms with van der Waals surface area (Å²) in [5.41, 5.74) is 2.10. The second-order valence-electron chi connectivity index (χ2n) is 5.95. The highest BCUT2D eigenvalue weighted by Crippen LogP contribution is 2.27. The number of rotatable bonds is 4. The summed E-state index contributed by atoms with van der Waals surface area (Å²) in [6.07, 6.45) is 2.23. The molecule has 0 bridgehead atoms. The van der Waals surface area contributed by atoms with Gasteiger partial charge in [0.25, 0.3) is 0 Å². The van der Waals surface area contributed by atoms with Crippen molar-refractivity contribution in [2.75, 3.05) is 19.6 Å². The molecule has 18 heavy (non-hydrogen) atoms. The average molecular weight is 245 g/mol. The van der Waals surface area contributed by atoms with Gasteiger partial charge < -0.3 is 5.11 Å². The van der Waals surface area contributed by atoms with Crippen molar-refractivity contribution in [1.82, 2.24) is 4.90 Å². The number of hydrogen-bond donors (Lipinski definition) is 1. The molecule has 0 atom stereocenters. The topological polar surface area (TPSA) is 23.5 Å². The molecule has 2 rings (SSSR count). The first-order chi connectivity index (χ1) is 8.45. The van der Waals surface area contributed by atoms with Gasteiger partial charge in [-0.2, -0.15) is 0 Å². The molecule has 1 N–H and O–H groups in total. The second-order valence-corrected chi connectivity index (χ2v) is 5.95. The van der Waals surface area contributed by atoms with Crippen molar-refractivity contribution >= 4 is 6.08 Å². The number of nitrogens with zero attached hydrogens (tertiary/aromatic N) is 1. The number of aliphatic hydroxyl groups is 1. The first kappa shape index (κ1) is 13.3. The molecule has 1 aliphatic rings. The van der Waals surface area contributed by atoms with Gasteiger partial charge in [0.05, 0.1) is 5.60 Å². The molecule has 2 nitrogen and oxygen atoms in total. The van der Waals surface area contributed by atoms with E-state index in [4.69, 9.17) is 0 Å². The highest BCUT2D eigenvalue weighted by Gasteiger charge is 2.36. The summed E-state index contributed by atoms with van der Waals surface area (Å²) in [7, 11) is 0. The largest absolute Gasteiger partial charge is 0.390 e. The molecule has 1 aromatic carbocycles. The van der Waals surface area contributed by atoms with Gasteiger partial charge in [0, 0.05) is 25.6 Å². The van der Waals surface area contributed by atoms with Crippen LogP contribution in [0.15, 0.2) is 35.9 Å². The molecular formula is C16H23NO. The van der Waals surface area contributed by atoms with E-state index in [0.29, 0.717) is 5.92 Å². The summed E-state index contributed by atoms with van der Waals surface area (Å²) in [5, 5.41) is 9.88. The molecule has 0 amide bonds. The minimum Gasteiger partial charge on any atom is -0.390 e. The highest BCUT2D eigenvalue weighted by atomic mass is 16.3. The van der Waals surface area contributed by atoms with Crippen molar-refractivity contribution in [3.05, 3.63) is 41.5 Å². The van der Waals surface area contributed by atoms with E-state index in [1.165, 1.54) is 11.1 Å². The molecule has 1 heterocycles. The molecule has 0 saturated carbocycles. The lowest BCUT2D eigenvalue weighted by atomic mass is 9.84. The molecule has 1 saturated heterocycles. The minimum atomic E-state index is -0.534. The molecule has 0 radical (unpaired) electrons. The van der Waals surface area contributed by atoms with Crippen LogP contribution >= 0.6 is 0 Å². The fraction of sp³-hybridized carbons (Fsp3) is 0.500. The van der Waals surface area contributed by atoms with Gasteiger partial charge in [-0.25, -0.2) is 0 Å². The average Bonchev–Trinajstić information content (AvgIpc) is 2.22. The smallest absolute Gasteiger partial charge is 0.0644 e. The predicted octanol–water partition coefficient (Wildman–Crippen LogP) is 2.79. The summed E-state index contributed by atoms with van der Waals surface area (Å²) in [4.78, 5) is 2.39. The maximum absolute atomic E-state index is 9.88. The van der Waals surface area contributed by atoms with Crippen LogP contribution in [0, 0.1) is 5.92 Å². The van der Waals surface area contributed by atoms with E-state index in [1.807, 2.05) is 19.9 Å². The molecule has 2 heteroatoms. The van der Waals surface area contributed by atoms with E-state index in [9.17, 15) is 5.11 Å². The molecule has 1 aromatic rings. The van der Waals surface area contributed by atoms with E-state index in [1.54, 1.807) is 0 Å². The Labute approximate surface area is 110 Å². The third-order valence-electron chi connectivity index (χ3n) is 3.64. The molecule has 0 aromatic heterocycles. The Morgan fingerprint density at radius 1 is 1.33 bits per heavy atom. The SMILES string of the molecule is CC(=Cc1ccccc1)CN1CC(C(C)(C)O)C1. The monoisotopic (exact) mass is 245 g/mol. The van der Waals surface area contributed by atoms with E-state index in [-0.39, 0.29) is 0 Å². The number of hydrogen-bond acceptors (Lipinski definition) is 2. The summed E-state index contributed by atoms with van der Waals surface area (Å²) in [6, 6.07) is 10.4. The molecular weight excluding hydrogens is 222 g/mol. The maximum atomic E-state index is 9.88. The van der Waals surface area contributed by atoms with Crippen molar-refractivity contribution in [1.29, 1.82) is 0 Å². The van der Waals surface area contributed by atoms with Crippen LogP contribution in [-0.4, -0.2) is 35.2 Å². The minimum absolute atomic E-state index is 0.419. The Morgan fingerprint density at radius 2 is 1.94 bits per heavy atom. The van der Waals surface area contributed by atoms with Gasteiger partial charge in [-0.05, 0) is 26.3 Å². The van der Waals surface area contributed by atoms with Crippen LogP contribution in [0.2, 0.25) is 0 Å². The van der Waals surface area contributed by atoms with Crippen LogP contribution < -0.4 is 0 Å². The fourth-order valence-electron chi connectivity index (χ4n) is 2.38. The van der Waals surface area contributed by atoms with E-state index in [0.717, 1.165) is 19.6 Å². The Kier molecular flexibility index (Phi) is 3.88. The summed E-state index contributed by atoms with van der Waals surface area (Å²) >= 11 is 0. The molecule has 0 unspecified atom stereocenters. The van der Waals surface area contributed by atoms with Crippen molar-refractivity contribution < 1.29 is 5.11 Å². The first-order valence-corrected chi connectivity index (χ1v) is 6.62. The quantitative estimate of drug-likeness (QED) is 0.881. The van der Waals surface area contributed by atoms with Crippen LogP contribution in [0.1, 0.15) is 26.3 Å². The van der Waals surface area contributed by atoms with Gasteiger partial charge >= 0.3 is 0 Å². The van der Waals surface area contributed by atoms with Gasteiger partial charge in [-0.3, -0.25) is 4.90 Å². The Balaban J connectivity index is 1.84. The van der Waals surface area contributed by atoms with Crippen molar-refractivity contribution in [3.63, 3.8) is 0 Å². The highest BCUT2D eigenvalue weighted by molar-refractivity contribution is 5.52. The van der Waals surface area contributed by atoms with E-state index >= 15 is 0 Å². The van der Waals surface area contributed by atoms with Crippen LogP contribution in [0.25, 0.3) is 6.08 Å². The normalized spacial score (nSPS) is 18.8. The molecule has 1 fully saturated rings. The zero-order chi connectivity index (χ0) is 13.2. The number of likely N-dealkylation sites (tertiary alicyclic amines) is 1. The van der Waals surface area contributed by atoms with E-state index in [2.05, 4.69) is 42.2 Å². The zero-order valence-electron chi connectivity index (χ0n) is 11.6. The molecule has 98 valence electrons. The lowest BCUT2D eigenvalue weighted by Gasteiger charge is -2.45. The van der Waals surface area contributed by atoms with E-state index < -0.39 is 5.60 Å². The maximum Gasteiger partial charge on any atom is 0.0644 e. The van der Waals surface area contributed by atoms with Crippen LogP contribution in [0.3, 0.4) is 0 Å². The summed E-state index contributed by atoms with van der Waals surface area (Å²) in [5.74, 6) is 0.419. The second kappa shape index (κ2) is 5.25. The zero-order valence-corrected chi connectivity index (χ0v) is 11.6. The van der Waals surface area contributed by atoms with Gasteiger partial charge in [0.1, 0.15) is 0 Å². The molecule has 0 aliphatic carbocycles. The van der Waals surface area contributed by atoms with Crippen LogP contribution in [0.5, 0.6) is 0 Å². The third kappa shape index (κ3) is 3.44. The summed E-state index contributed by atoms with van der Waals surface area (Å²) in [6.45, 7) is 8.99. The van der Waals surface area contributed by atoms with Gasteiger partial charge in [0.15, 0.2) is 0 Å². The van der Waals surface area contributed by atoms with Gasteiger partial charge in [-0.15, -0.1) is 0 Å². The van der Waals surface area contributed by atoms with Crippen molar-refractivity contribution in [2.24, 2.45) is 5.92 Å². The standard InChI is InChI=1S/C16H23NO/c1-13(9-14-7-5-4-6-8-14)10-17-11-15(12-17)16(2,3)18/h4-9,15,18H,10-12H2,1-3H3. The first-order valence-electron chi connectivity index (χ1n) is 6.62. The Morgan fingerprint density at radius 3 is 2.50 bits per heavy atom. The Bertz CT molecular complexity index is 410. The van der Waals surface area contributed by atoms with Crippen LogP contribution in [-0.2, 0) is 0 Å². The number of benzene rings is 1. The molecule has 0 spiro atoms.